The number of hydrogen-bond donors (Lipinski definition) is 1. The summed E-state index contributed by atoms with van der Waals surface area (Å²) in [6.45, 7) is 0. The lowest BCUT2D eigenvalue weighted by molar-refractivity contribution is 0.189. The van der Waals surface area contributed by atoms with Crippen LogP contribution in [0.15, 0.2) is 29.1 Å². The van der Waals surface area contributed by atoms with Crippen LogP contribution in [0.4, 0.5) is 0 Å². The first-order chi connectivity index (χ1) is 10.2. The molecule has 2 bridgehead atoms. The van der Waals surface area contributed by atoms with Crippen molar-refractivity contribution in [2.75, 3.05) is 0 Å². The minimum atomic E-state index is -0.152. The summed E-state index contributed by atoms with van der Waals surface area (Å²) in [5, 5.41) is 3.75. The second-order valence-electron chi connectivity index (χ2n) is 6.18. The molecule has 1 aromatic carbocycles. The molecule has 0 aliphatic carbocycles. The van der Waals surface area contributed by atoms with Gasteiger partial charge in [0, 0.05) is 18.1 Å². The molecule has 1 aromatic heterocycles. The van der Waals surface area contributed by atoms with Crippen molar-refractivity contribution in [1.29, 1.82) is 0 Å². The molecule has 2 fully saturated rings. The van der Waals surface area contributed by atoms with Crippen molar-refractivity contribution in [3.63, 3.8) is 0 Å². The third-order valence-corrected chi connectivity index (χ3v) is 5.06. The van der Waals surface area contributed by atoms with Gasteiger partial charge in [0.05, 0.1) is 11.0 Å². The summed E-state index contributed by atoms with van der Waals surface area (Å²) in [4.78, 5) is 16.8. The minimum Gasteiger partial charge on any atom is -0.311 e. The quantitative estimate of drug-likeness (QED) is 0.881. The molecule has 3 heterocycles. The lowest BCUT2D eigenvalue weighted by Crippen LogP contribution is -2.50. The number of benzene rings is 1. The first-order valence-corrected chi connectivity index (χ1v) is 8.03. The Bertz CT molecular complexity index is 730. The fraction of sp³-hybridized carbons (Fsp3) is 0.500. The van der Waals surface area contributed by atoms with Gasteiger partial charge in [-0.2, -0.15) is 0 Å². The molecular weight excluding hydrogens is 286 g/mol. The smallest absolute Gasteiger partial charge is 0.288 e. The first-order valence-electron chi connectivity index (χ1n) is 7.65. The molecule has 2 aliphatic rings. The number of halogens is 1. The Balaban J connectivity index is 1.86. The topological polar surface area (TPSA) is 46.9 Å². The van der Waals surface area contributed by atoms with Crippen molar-refractivity contribution < 1.29 is 0 Å². The van der Waals surface area contributed by atoms with E-state index in [1.807, 2.05) is 28.8 Å². The molecule has 0 amide bonds. The van der Waals surface area contributed by atoms with Crippen LogP contribution in [0.2, 0.25) is 5.15 Å². The molecular formula is C16H18ClN3O. The van der Waals surface area contributed by atoms with E-state index >= 15 is 0 Å². The van der Waals surface area contributed by atoms with E-state index in [9.17, 15) is 4.79 Å². The number of nitrogens with zero attached hydrogens (tertiary/aromatic N) is 2. The van der Waals surface area contributed by atoms with E-state index in [0.29, 0.717) is 12.1 Å². The van der Waals surface area contributed by atoms with Crippen LogP contribution in [-0.4, -0.2) is 21.6 Å². The normalized spacial score (nSPS) is 28.7. The summed E-state index contributed by atoms with van der Waals surface area (Å²) < 4.78 is 1.89. The molecule has 5 heteroatoms. The second kappa shape index (κ2) is 5.11. The number of aromatic nitrogens is 2. The van der Waals surface area contributed by atoms with Gasteiger partial charge in [0.25, 0.3) is 5.56 Å². The Morgan fingerprint density at radius 2 is 1.90 bits per heavy atom. The summed E-state index contributed by atoms with van der Waals surface area (Å²) in [5.41, 5.74) is 1.54. The van der Waals surface area contributed by atoms with Crippen LogP contribution in [0.5, 0.6) is 0 Å². The maximum atomic E-state index is 12.5. The molecule has 2 aromatic rings. The highest BCUT2D eigenvalue weighted by Crippen LogP contribution is 2.33. The second-order valence-corrected chi connectivity index (χ2v) is 6.54. The van der Waals surface area contributed by atoms with Gasteiger partial charge < -0.3 is 9.88 Å². The van der Waals surface area contributed by atoms with Crippen molar-refractivity contribution >= 4 is 22.6 Å². The predicted octanol–water partition coefficient (Wildman–Crippen LogP) is 2.90. The Kier molecular flexibility index (Phi) is 3.23. The zero-order chi connectivity index (χ0) is 14.4. The molecule has 0 spiro atoms. The van der Waals surface area contributed by atoms with Gasteiger partial charge in [0.1, 0.15) is 0 Å². The number of piperidine rings is 2. The monoisotopic (exact) mass is 303 g/mol. The van der Waals surface area contributed by atoms with Crippen LogP contribution in [0, 0.1) is 0 Å². The minimum absolute atomic E-state index is 0.0809. The first kappa shape index (κ1) is 13.3. The van der Waals surface area contributed by atoms with Crippen molar-refractivity contribution in [2.24, 2.45) is 0 Å². The summed E-state index contributed by atoms with van der Waals surface area (Å²) in [5.74, 6) is 0. The Hall–Kier alpha value is -1.39. The van der Waals surface area contributed by atoms with Crippen molar-refractivity contribution in [1.82, 2.24) is 14.9 Å². The third-order valence-electron chi connectivity index (χ3n) is 4.81. The van der Waals surface area contributed by atoms with Crippen LogP contribution < -0.4 is 10.9 Å². The van der Waals surface area contributed by atoms with Crippen LogP contribution >= 0.6 is 11.6 Å². The molecule has 110 valence electrons. The molecule has 4 nitrogen and oxygen atoms in total. The molecule has 2 unspecified atom stereocenters. The average Bonchev–Trinajstić information content (AvgIpc) is 2.48. The van der Waals surface area contributed by atoms with Crippen molar-refractivity contribution in [2.45, 2.75) is 50.2 Å². The summed E-state index contributed by atoms with van der Waals surface area (Å²) in [6.07, 6.45) is 5.71. The van der Waals surface area contributed by atoms with Gasteiger partial charge in [-0.15, -0.1) is 0 Å². The van der Waals surface area contributed by atoms with Crippen molar-refractivity contribution in [3.05, 3.63) is 39.8 Å². The molecule has 2 atom stereocenters. The SMILES string of the molecule is O=c1c(Cl)nc2ccccc2n1C1CC2CCCC(C1)N2. The van der Waals surface area contributed by atoms with E-state index in [2.05, 4.69) is 10.3 Å². The Morgan fingerprint density at radius 3 is 2.67 bits per heavy atom. The molecule has 1 N–H and O–H groups in total. The van der Waals surface area contributed by atoms with E-state index in [4.69, 9.17) is 11.6 Å². The van der Waals surface area contributed by atoms with Crippen LogP contribution in [-0.2, 0) is 0 Å². The van der Waals surface area contributed by atoms with E-state index in [1.165, 1.54) is 19.3 Å². The van der Waals surface area contributed by atoms with E-state index in [-0.39, 0.29) is 16.8 Å². The molecule has 4 rings (SSSR count). The predicted molar refractivity (Wildman–Crippen MR) is 83.8 cm³/mol. The van der Waals surface area contributed by atoms with Gasteiger partial charge in [-0.1, -0.05) is 30.2 Å². The average molecular weight is 304 g/mol. The zero-order valence-corrected chi connectivity index (χ0v) is 12.5. The maximum Gasteiger partial charge on any atom is 0.288 e. The molecule has 0 saturated carbocycles. The maximum absolute atomic E-state index is 12.5. The summed E-state index contributed by atoms with van der Waals surface area (Å²) in [6, 6.07) is 9.05. The summed E-state index contributed by atoms with van der Waals surface area (Å²) in [7, 11) is 0. The third kappa shape index (κ3) is 2.27. The van der Waals surface area contributed by atoms with Gasteiger partial charge in [-0.05, 0) is 37.8 Å². The summed E-state index contributed by atoms with van der Waals surface area (Å²) >= 11 is 6.07. The Morgan fingerprint density at radius 1 is 1.19 bits per heavy atom. The molecule has 21 heavy (non-hydrogen) atoms. The fourth-order valence-electron chi connectivity index (χ4n) is 3.93. The number of nitrogens with one attached hydrogen (secondary N) is 1. The molecule has 2 aliphatic heterocycles. The lowest BCUT2D eigenvalue weighted by Gasteiger charge is -2.41. The van der Waals surface area contributed by atoms with Gasteiger partial charge in [0.2, 0.25) is 0 Å². The number of fused-ring (bicyclic) bond motifs is 3. The highest BCUT2D eigenvalue weighted by atomic mass is 35.5. The molecule has 2 saturated heterocycles. The van der Waals surface area contributed by atoms with Crippen LogP contribution in [0.1, 0.15) is 38.1 Å². The standard InChI is InChI=1S/C16H18ClN3O/c17-15-16(21)20(14-7-2-1-6-13(14)19-15)12-8-10-4-3-5-11(9-12)18-10/h1-2,6-7,10-12,18H,3-5,8-9H2. The van der Waals surface area contributed by atoms with Crippen LogP contribution in [0.3, 0.4) is 0 Å². The number of hydrogen-bond acceptors (Lipinski definition) is 3. The zero-order valence-electron chi connectivity index (χ0n) is 11.8. The van der Waals surface area contributed by atoms with E-state index in [1.54, 1.807) is 0 Å². The Labute approximate surface area is 128 Å². The fourth-order valence-corrected chi connectivity index (χ4v) is 4.12. The van der Waals surface area contributed by atoms with Gasteiger partial charge in [0.15, 0.2) is 5.15 Å². The van der Waals surface area contributed by atoms with Crippen molar-refractivity contribution in [3.8, 4) is 0 Å². The largest absolute Gasteiger partial charge is 0.311 e. The van der Waals surface area contributed by atoms with Gasteiger partial charge in [-0.25, -0.2) is 4.98 Å². The number of para-hydroxylation sites is 2. The highest BCUT2D eigenvalue weighted by molar-refractivity contribution is 6.29. The molecule has 0 radical (unpaired) electrons. The van der Waals surface area contributed by atoms with Gasteiger partial charge >= 0.3 is 0 Å². The van der Waals surface area contributed by atoms with Crippen LogP contribution in [0.25, 0.3) is 11.0 Å². The van der Waals surface area contributed by atoms with E-state index < -0.39 is 0 Å². The van der Waals surface area contributed by atoms with Gasteiger partial charge in [-0.3, -0.25) is 4.79 Å². The lowest BCUT2D eigenvalue weighted by atomic mass is 9.84. The van der Waals surface area contributed by atoms with E-state index in [0.717, 1.165) is 23.9 Å². The number of rotatable bonds is 1. The highest BCUT2D eigenvalue weighted by Gasteiger charge is 2.33.